The third-order valence-corrected chi connectivity index (χ3v) is 7.73. The number of hydrogen-bond donors (Lipinski definition) is 1. The Morgan fingerprint density at radius 3 is 2.35 bits per heavy atom. The highest BCUT2D eigenvalue weighted by molar-refractivity contribution is 6.00. The Bertz CT molecular complexity index is 1050. The molecule has 2 amide bonds. The minimum absolute atomic E-state index is 0.200. The van der Waals surface area contributed by atoms with E-state index in [0.29, 0.717) is 12.3 Å². The molecule has 0 radical (unpaired) electrons. The molecule has 166 valence electrons. The third-order valence-electron chi connectivity index (χ3n) is 7.73. The second-order valence-corrected chi connectivity index (χ2v) is 9.53. The molecular formula is C24H32N4O3. The van der Waals surface area contributed by atoms with Gasteiger partial charge in [0.2, 0.25) is 11.8 Å². The fourth-order valence-corrected chi connectivity index (χ4v) is 5.91. The van der Waals surface area contributed by atoms with E-state index in [-0.39, 0.29) is 23.9 Å². The number of amides is 2. The number of hydrogen-bond acceptors (Lipinski definition) is 4. The molecule has 2 aromatic rings. The van der Waals surface area contributed by atoms with Gasteiger partial charge in [-0.3, -0.25) is 24.0 Å². The van der Waals surface area contributed by atoms with E-state index in [1.165, 1.54) is 37.7 Å². The number of nitrogens with one attached hydrogen (secondary N) is 1. The lowest BCUT2D eigenvalue weighted by Crippen LogP contribution is -2.44. The molecule has 1 saturated carbocycles. The summed E-state index contributed by atoms with van der Waals surface area (Å²) in [6.07, 6.45) is 9.79. The zero-order chi connectivity index (χ0) is 21.5. The molecule has 1 aliphatic carbocycles. The minimum atomic E-state index is -0.626. The fourth-order valence-electron chi connectivity index (χ4n) is 5.91. The molecule has 1 aromatic heterocycles. The summed E-state index contributed by atoms with van der Waals surface area (Å²) in [5, 5.41) is 2.37. The number of carbonyl (C=O) groups is 2. The topological polar surface area (TPSA) is 76.3 Å². The van der Waals surface area contributed by atoms with Crippen molar-refractivity contribution >= 4 is 22.8 Å². The molecule has 1 unspecified atom stereocenters. The van der Waals surface area contributed by atoms with Gasteiger partial charge in [0.15, 0.2) is 0 Å². The monoisotopic (exact) mass is 424 g/mol. The summed E-state index contributed by atoms with van der Waals surface area (Å²) in [6.45, 7) is 2.31. The summed E-state index contributed by atoms with van der Waals surface area (Å²) in [5.41, 5.74) is 2.72. The van der Waals surface area contributed by atoms with Crippen molar-refractivity contribution in [2.75, 3.05) is 13.1 Å². The Morgan fingerprint density at radius 2 is 1.65 bits per heavy atom. The fraction of sp³-hybridized carbons (Fsp3) is 0.625. The number of imide groups is 1. The van der Waals surface area contributed by atoms with Crippen LogP contribution in [0.4, 0.5) is 0 Å². The lowest BCUT2D eigenvalue weighted by Gasteiger charge is -2.39. The molecule has 7 nitrogen and oxygen atoms in total. The Balaban J connectivity index is 1.37. The van der Waals surface area contributed by atoms with Gasteiger partial charge in [-0.15, -0.1) is 0 Å². The Labute approximate surface area is 182 Å². The highest BCUT2D eigenvalue weighted by Crippen LogP contribution is 2.33. The Morgan fingerprint density at radius 1 is 0.903 bits per heavy atom. The summed E-state index contributed by atoms with van der Waals surface area (Å²) < 4.78 is 3.20. The highest BCUT2D eigenvalue weighted by atomic mass is 16.2. The molecular weight excluding hydrogens is 392 g/mol. The molecule has 1 aromatic carbocycles. The van der Waals surface area contributed by atoms with Crippen LogP contribution in [0.2, 0.25) is 0 Å². The summed E-state index contributed by atoms with van der Waals surface area (Å²) in [6, 6.07) is 6.41. The number of aryl methyl sites for hydroxylation is 1. The van der Waals surface area contributed by atoms with Gasteiger partial charge in [0.05, 0.1) is 11.0 Å². The zero-order valence-electron chi connectivity index (χ0n) is 18.3. The van der Waals surface area contributed by atoms with Gasteiger partial charge in [-0.2, -0.15) is 0 Å². The zero-order valence-corrected chi connectivity index (χ0v) is 18.3. The maximum atomic E-state index is 13.0. The molecule has 7 heteroatoms. The largest absolute Gasteiger partial charge is 0.329 e. The van der Waals surface area contributed by atoms with Gasteiger partial charge >= 0.3 is 5.69 Å². The van der Waals surface area contributed by atoms with Crippen LogP contribution in [0.25, 0.3) is 11.0 Å². The van der Waals surface area contributed by atoms with E-state index in [9.17, 15) is 14.4 Å². The molecule has 31 heavy (non-hydrogen) atoms. The van der Waals surface area contributed by atoms with Gasteiger partial charge in [-0.25, -0.2) is 4.79 Å². The Hall–Kier alpha value is -2.41. The number of fused-ring (bicyclic) bond motifs is 1. The van der Waals surface area contributed by atoms with Gasteiger partial charge in [-0.05, 0) is 68.8 Å². The number of rotatable bonds is 3. The molecule has 2 saturated heterocycles. The van der Waals surface area contributed by atoms with Crippen LogP contribution >= 0.6 is 0 Å². The van der Waals surface area contributed by atoms with Crippen molar-refractivity contribution in [2.45, 2.75) is 75.8 Å². The quantitative estimate of drug-likeness (QED) is 0.769. The number of imidazole rings is 1. The number of aromatic nitrogens is 2. The highest BCUT2D eigenvalue weighted by Gasteiger charge is 2.32. The Kier molecular flexibility index (Phi) is 5.46. The summed E-state index contributed by atoms with van der Waals surface area (Å²) in [5.74, 6) is -0.139. The van der Waals surface area contributed by atoms with Crippen LogP contribution in [-0.2, 0) is 16.6 Å². The first kappa shape index (κ1) is 20.5. The van der Waals surface area contributed by atoms with E-state index in [1.54, 1.807) is 16.2 Å². The van der Waals surface area contributed by atoms with E-state index >= 15 is 0 Å². The number of piperidine rings is 2. The maximum absolute atomic E-state index is 13.0. The van der Waals surface area contributed by atoms with Gasteiger partial charge in [0.25, 0.3) is 0 Å². The lowest BCUT2D eigenvalue weighted by molar-refractivity contribution is -0.135. The van der Waals surface area contributed by atoms with Crippen molar-refractivity contribution < 1.29 is 9.59 Å². The maximum Gasteiger partial charge on any atom is 0.329 e. The van der Waals surface area contributed by atoms with Crippen LogP contribution in [0.3, 0.4) is 0 Å². The standard InChI is InChI=1S/C24H32N4O3/c1-26-21-15-17(16-11-13-27(14-12-16)18-5-3-2-4-6-18)7-8-19(21)28(24(26)31)20-9-10-22(29)25-23(20)30/h7-8,15-16,18,20H,2-6,9-14H2,1H3,(H,25,29,30). The number of likely N-dealkylation sites (tertiary alicyclic amines) is 1. The third kappa shape index (κ3) is 3.73. The van der Waals surface area contributed by atoms with Crippen molar-refractivity contribution in [3.8, 4) is 0 Å². The summed E-state index contributed by atoms with van der Waals surface area (Å²) in [7, 11) is 1.77. The van der Waals surface area contributed by atoms with E-state index in [1.807, 2.05) is 6.07 Å². The van der Waals surface area contributed by atoms with E-state index in [2.05, 4.69) is 22.3 Å². The van der Waals surface area contributed by atoms with Crippen molar-refractivity contribution in [1.82, 2.24) is 19.4 Å². The van der Waals surface area contributed by atoms with Crippen molar-refractivity contribution in [3.05, 3.63) is 34.2 Å². The number of carbonyl (C=O) groups excluding carboxylic acids is 2. The molecule has 3 aliphatic rings. The van der Waals surface area contributed by atoms with Crippen molar-refractivity contribution in [3.63, 3.8) is 0 Å². The molecule has 2 aliphatic heterocycles. The SMILES string of the molecule is Cn1c(=O)n(C2CCC(=O)NC2=O)c2ccc(C3CCN(C4CCCCC4)CC3)cc21. The molecule has 1 atom stereocenters. The first-order valence-electron chi connectivity index (χ1n) is 11.8. The number of nitrogens with zero attached hydrogens (tertiary/aromatic N) is 3. The van der Waals surface area contributed by atoms with Crippen molar-refractivity contribution in [1.29, 1.82) is 0 Å². The predicted molar refractivity (Wildman–Crippen MR) is 119 cm³/mol. The van der Waals surface area contributed by atoms with Gasteiger partial charge < -0.3 is 4.90 Å². The predicted octanol–water partition coefficient (Wildman–Crippen LogP) is 2.83. The first-order valence-corrected chi connectivity index (χ1v) is 11.8. The summed E-state index contributed by atoms with van der Waals surface area (Å²) >= 11 is 0. The van der Waals surface area contributed by atoms with Gasteiger partial charge in [-0.1, -0.05) is 25.3 Å². The average molecular weight is 425 g/mol. The van der Waals surface area contributed by atoms with Crippen LogP contribution < -0.4 is 11.0 Å². The smallest absolute Gasteiger partial charge is 0.300 e. The second-order valence-electron chi connectivity index (χ2n) is 9.53. The van der Waals surface area contributed by atoms with Crippen LogP contribution in [-0.4, -0.2) is 45.0 Å². The normalized spacial score (nSPS) is 24.6. The van der Waals surface area contributed by atoms with Crippen LogP contribution in [0.15, 0.2) is 23.0 Å². The molecule has 0 spiro atoms. The average Bonchev–Trinajstić information content (AvgIpc) is 3.04. The van der Waals surface area contributed by atoms with E-state index in [0.717, 1.165) is 43.0 Å². The molecule has 0 bridgehead atoms. The number of benzene rings is 1. The molecule has 1 N–H and O–H groups in total. The van der Waals surface area contributed by atoms with Gasteiger partial charge in [0.1, 0.15) is 6.04 Å². The molecule has 3 heterocycles. The molecule has 5 rings (SSSR count). The van der Waals surface area contributed by atoms with Crippen LogP contribution in [0.5, 0.6) is 0 Å². The first-order chi connectivity index (χ1) is 15.0. The van der Waals surface area contributed by atoms with E-state index < -0.39 is 6.04 Å². The van der Waals surface area contributed by atoms with Crippen molar-refractivity contribution in [2.24, 2.45) is 7.05 Å². The van der Waals surface area contributed by atoms with E-state index in [4.69, 9.17) is 0 Å². The summed E-state index contributed by atoms with van der Waals surface area (Å²) in [4.78, 5) is 39.6. The van der Waals surface area contributed by atoms with Crippen LogP contribution in [0.1, 0.15) is 75.3 Å². The second kappa shape index (κ2) is 8.26. The minimum Gasteiger partial charge on any atom is -0.300 e. The van der Waals surface area contributed by atoms with Gasteiger partial charge in [0, 0.05) is 19.5 Å². The molecule has 3 fully saturated rings. The lowest BCUT2D eigenvalue weighted by atomic mass is 9.86. The van der Waals surface area contributed by atoms with Crippen LogP contribution in [0, 0.1) is 0 Å².